The van der Waals surface area contributed by atoms with Crippen LogP contribution in [0, 0.1) is 5.82 Å². The van der Waals surface area contributed by atoms with Gasteiger partial charge in [0.2, 0.25) is 0 Å². The summed E-state index contributed by atoms with van der Waals surface area (Å²) in [6, 6.07) is 18.5. The molecule has 1 fully saturated rings. The van der Waals surface area contributed by atoms with E-state index < -0.39 is 0 Å². The quantitative estimate of drug-likeness (QED) is 0.566. The van der Waals surface area contributed by atoms with Crippen LogP contribution in [0.15, 0.2) is 66.9 Å². The maximum absolute atomic E-state index is 13.3. The number of carbonyl (C=O) groups excluding carboxylic acids is 1. The van der Waals surface area contributed by atoms with Crippen LogP contribution in [-0.4, -0.2) is 23.8 Å². The van der Waals surface area contributed by atoms with Crippen molar-refractivity contribution >= 4 is 5.97 Å². The lowest BCUT2D eigenvalue weighted by molar-refractivity contribution is -0.0352. The number of ether oxygens (including phenoxy) is 2. The average Bonchev–Trinajstić information content (AvgIpc) is 3.12. The molecule has 1 saturated carbocycles. The summed E-state index contributed by atoms with van der Waals surface area (Å²) in [5.74, 6) is -0.661. The number of hydrogen-bond acceptors (Lipinski definition) is 3. The summed E-state index contributed by atoms with van der Waals surface area (Å²) in [5.41, 5.74) is 3.40. The van der Waals surface area contributed by atoms with Gasteiger partial charge in [-0.3, -0.25) is 0 Å². The Bertz CT molecular complexity index is 944. The Balaban J connectivity index is 1.48. The standard InChI is InChI=1S/C23H22FNO3/c1-27-23(26)18-11-22(17-7-9-19(24)10-8-17)25(14-18)20-12-21(13-20)28-15-16-5-3-2-4-6-16/h2-11,14,20-21H,12-13,15H2,1H3. The maximum atomic E-state index is 13.3. The second-order valence-corrected chi connectivity index (χ2v) is 7.06. The molecule has 0 unspecified atom stereocenters. The third-order valence-electron chi connectivity index (χ3n) is 5.20. The van der Waals surface area contributed by atoms with Gasteiger partial charge in [0.15, 0.2) is 0 Å². The zero-order chi connectivity index (χ0) is 19.5. The summed E-state index contributed by atoms with van der Waals surface area (Å²) in [6.45, 7) is 0.599. The van der Waals surface area contributed by atoms with Crippen molar-refractivity contribution in [1.29, 1.82) is 0 Å². The van der Waals surface area contributed by atoms with Crippen LogP contribution in [0.5, 0.6) is 0 Å². The third kappa shape index (κ3) is 3.85. The number of hydrogen-bond donors (Lipinski definition) is 0. The van der Waals surface area contributed by atoms with Gasteiger partial charge in [-0.05, 0) is 54.3 Å². The maximum Gasteiger partial charge on any atom is 0.339 e. The van der Waals surface area contributed by atoms with Crippen LogP contribution in [0.2, 0.25) is 0 Å². The first-order valence-corrected chi connectivity index (χ1v) is 9.35. The fraction of sp³-hybridized carbons (Fsp3) is 0.261. The number of aromatic nitrogens is 1. The Morgan fingerprint density at radius 1 is 1.11 bits per heavy atom. The highest BCUT2D eigenvalue weighted by Gasteiger charge is 2.33. The molecule has 0 saturated heterocycles. The smallest absolute Gasteiger partial charge is 0.339 e. The van der Waals surface area contributed by atoms with Gasteiger partial charge >= 0.3 is 5.97 Å². The number of rotatable bonds is 6. The molecule has 3 aromatic rings. The number of benzene rings is 2. The van der Waals surface area contributed by atoms with Crippen LogP contribution in [0.4, 0.5) is 4.39 Å². The highest BCUT2D eigenvalue weighted by Crippen LogP contribution is 2.39. The Labute approximate surface area is 163 Å². The van der Waals surface area contributed by atoms with E-state index in [1.54, 1.807) is 18.2 Å². The fourth-order valence-corrected chi connectivity index (χ4v) is 3.55. The fourth-order valence-electron chi connectivity index (χ4n) is 3.55. The summed E-state index contributed by atoms with van der Waals surface area (Å²) in [4.78, 5) is 12.0. The molecule has 0 atom stereocenters. The molecule has 0 amide bonds. The van der Waals surface area contributed by atoms with Gasteiger partial charge in [0, 0.05) is 17.9 Å². The molecule has 4 nitrogen and oxygen atoms in total. The van der Waals surface area contributed by atoms with Crippen molar-refractivity contribution in [3.8, 4) is 11.3 Å². The van der Waals surface area contributed by atoms with E-state index >= 15 is 0 Å². The lowest BCUT2D eigenvalue weighted by Gasteiger charge is -2.37. The second-order valence-electron chi connectivity index (χ2n) is 7.06. The van der Waals surface area contributed by atoms with Crippen molar-refractivity contribution in [2.75, 3.05) is 7.11 Å². The van der Waals surface area contributed by atoms with Crippen LogP contribution >= 0.6 is 0 Å². The molecule has 28 heavy (non-hydrogen) atoms. The first-order valence-electron chi connectivity index (χ1n) is 9.35. The SMILES string of the molecule is COC(=O)c1cc(-c2ccc(F)cc2)n(C2CC(OCc3ccccc3)C2)c1. The number of halogens is 1. The molecule has 1 aliphatic carbocycles. The van der Waals surface area contributed by atoms with E-state index in [1.165, 1.54) is 19.2 Å². The largest absolute Gasteiger partial charge is 0.465 e. The van der Waals surface area contributed by atoms with E-state index in [4.69, 9.17) is 9.47 Å². The highest BCUT2D eigenvalue weighted by molar-refractivity contribution is 5.91. The molecule has 0 bridgehead atoms. The molecule has 2 aromatic carbocycles. The lowest BCUT2D eigenvalue weighted by Crippen LogP contribution is -2.33. The Morgan fingerprint density at radius 3 is 2.50 bits per heavy atom. The molecule has 1 aliphatic rings. The van der Waals surface area contributed by atoms with Crippen molar-refractivity contribution in [1.82, 2.24) is 4.57 Å². The van der Waals surface area contributed by atoms with Crippen molar-refractivity contribution in [2.24, 2.45) is 0 Å². The molecule has 5 heteroatoms. The molecule has 4 rings (SSSR count). The molecule has 0 radical (unpaired) electrons. The van der Waals surface area contributed by atoms with Crippen molar-refractivity contribution < 1.29 is 18.7 Å². The third-order valence-corrected chi connectivity index (χ3v) is 5.20. The van der Waals surface area contributed by atoms with Gasteiger partial charge in [-0.15, -0.1) is 0 Å². The van der Waals surface area contributed by atoms with Gasteiger partial charge in [-0.1, -0.05) is 30.3 Å². The summed E-state index contributed by atoms with van der Waals surface area (Å²) < 4.78 is 26.3. The summed E-state index contributed by atoms with van der Waals surface area (Å²) >= 11 is 0. The zero-order valence-corrected chi connectivity index (χ0v) is 15.7. The van der Waals surface area contributed by atoms with Crippen LogP contribution in [0.3, 0.4) is 0 Å². The average molecular weight is 379 g/mol. The molecular formula is C23H22FNO3. The first kappa shape index (κ1) is 18.4. The predicted octanol–water partition coefficient (Wildman–Crippen LogP) is 5.00. The van der Waals surface area contributed by atoms with E-state index in [1.807, 2.05) is 24.4 Å². The van der Waals surface area contributed by atoms with Gasteiger partial charge in [-0.2, -0.15) is 0 Å². The Hall–Kier alpha value is -2.92. The highest BCUT2D eigenvalue weighted by atomic mass is 19.1. The van der Waals surface area contributed by atoms with Crippen molar-refractivity contribution in [3.63, 3.8) is 0 Å². The normalized spacial score (nSPS) is 18.5. The minimum Gasteiger partial charge on any atom is -0.465 e. The van der Waals surface area contributed by atoms with Gasteiger partial charge in [0.05, 0.1) is 25.4 Å². The summed E-state index contributed by atoms with van der Waals surface area (Å²) in [6.07, 6.45) is 3.75. The van der Waals surface area contributed by atoms with Crippen LogP contribution in [-0.2, 0) is 16.1 Å². The van der Waals surface area contributed by atoms with E-state index in [2.05, 4.69) is 16.7 Å². The van der Waals surface area contributed by atoms with E-state index in [9.17, 15) is 9.18 Å². The minimum atomic E-state index is -0.377. The van der Waals surface area contributed by atoms with E-state index in [-0.39, 0.29) is 23.9 Å². The number of esters is 1. The van der Waals surface area contributed by atoms with Crippen molar-refractivity contribution in [2.45, 2.75) is 31.6 Å². The summed E-state index contributed by atoms with van der Waals surface area (Å²) in [7, 11) is 1.37. The monoisotopic (exact) mass is 379 g/mol. The lowest BCUT2D eigenvalue weighted by atomic mass is 9.88. The molecule has 1 aromatic heterocycles. The number of nitrogens with zero attached hydrogens (tertiary/aromatic N) is 1. The molecule has 0 aliphatic heterocycles. The Kier molecular flexibility index (Phi) is 5.26. The van der Waals surface area contributed by atoms with E-state index in [0.717, 1.165) is 29.7 Å². The number of methoxy groups -OCH3 is 1. The zero-order valence-electron chi connectivity index (χ0n) is 15.7. The first-order chi connectivity index (χ1) is 13.6. The molecular weight excluding hydrogens is 357 g/mol. The van der Waals surface area contributed by atoms with Crippen molar-refractivity contribution in [3.05, 3.63) is 83.8 Å². The van der Waals surface area contributed by atoms with Gasteiger partial charge in [0.1, 0.15) is 5.82 Å². The molecule has 0 N–H and O–H groups in total. The predicted molar refractivity (Wildman–Crippen MR) is 104 cm³/mol. The van der Waals surface area contributed by atoms with Gasteiger partial charge in [0.25, 0.3) is 0 Å². The van der Waals surface area contributed by atoms with Crippen LogP contribution < -0.4 is 0 Å². The Morgan fingerprint density at radius 2 is 1.82 bits per heavy atom. The minimum absolute atomic E-state index is 0.190. The summed E-state index contributed by atoms with van der Waals surface area (Å²) in [5, 5.41) is 0. The molecule has 0 spiro atoms. The topological polar surface area (TPSA) is 40.5 Å². The van der Waals surface area contributed by atoms with Crippen LogP contribution in [0.25, 0.3) is 11.3 Å². The van der Waals surface area contributed by atoms with Gasteiger partial charge in [-0.25, -0.2) is 9.18 Å². The molecule has 1 heterocycles. The van der Waals surface area contributed by atoms with E-state index in [0.29, 0.717) is 12.2 Å². The number of carbonyl (C=O) groups is 1. The molecule has 144 valence electrons. The van der Waals surface area contributed by atoms with Gasteiger partial charge < -0.3 is 14.0 Å². The van der Waals surface area contributed by atoms with Crippen LogP contribution in [0.1, 0.15) is 34.8 Å². The second kappa shape index (κ2) is 7.98.